The smallest absolute Gasteiger partial charge is 0.125 e. The molecule has 3 atom stereocenters. The summed E-state index contributed by atoms with van der Waals surface area (Å²) in [4.78, 5) is 0. The van der Waals surface area contributed by atoms with Gasteiger partial charge in [0.25, 0.3) is 0 Å². The van der Waals surface area contributed by atoms with Gasteiger partial charge >= 0.3 is 0 Å². The molecule has 1 saturated carbocycles. The Balaban J connectivity index is 1.80. The summed E-state index contributed by atoms with van der Waals surface area (Å²) in [6.45, 7) is 4.60. The second-order valence-corrected chi connectivity index (χ2v) is 7.13. The maximum absolute atomic E-state index is 10.5. The molecule has 1 aliphatic carbocycles. The van der Waals surface area contributed by atoms with Gasteiger partial charge in [-0.3, -0.25) is 0 Å². The minimum atomic E-state index is -0.363. The van der Waals surface area contributed by atoms with E-state index in [-0.39, 0.29) is 11.7 Å². The maximum Gasteiger partial charge on any atom is 0.125 e. The van der Waals surface area contributed by atoms with Crippen LogP contribution in [0.25, 0.3) is 0 Å². The third-order valence-electron chi connectivity index (χ3n) is 4.88. The van der Waals surface area contributed by atoms with Gasteiger partial charge in [-0.1, -0.05) is 38.5 Å². The lowest BCUT2D eigenvalue weighted by atomic mass is 9.71. The molecule has 0 radical (unpaired) electrons. The fourth-order valence-electron chi connectivity index (χ4n) is 4.18. The molecule has 20 heavy (non-hydrogen) atoms. The number of ether oxygens (including phenoxy) is 1. The summed E-state index contributed by atoms with van der Waals surface area (Å²) in [5.41, 5.74) is 0.843. The summed E-state index contributed by atoms with van der Waals surface area (Å²) in [5.74, 6) is 2.40. The number of fused-ring (bicyclic) bond motifs is 1. The molecule has 0 aromatic heterocycles. The first-order valence-electron chi connectivity index (χ1n) is 8.04. The van der Waals surface area contributed by atoms with Gasteiger partial charge in [-0.05, 0) is 43.6 Å². The van der Waals surface area contributed by atoms with Gasteiger partial charge in [0.2, 0.25) is 0 Å². The average molecular weight is 274 g/mol. The van der Waals surface area contributed by atoms with Crippen molar-refractivity contribution in [1.29, 1.82) is 0 Å². The second kappa shape index (κ2) is 5.40. The molecule has 110 valence electrons. The molecule has 0 bridgehead atoms. The first kappa shape index (κ1) is 13.9. The molecule has 1 heterocycles. The molecular weight excluding hydrogens is 248 g/mol. The quantitative estimate of drug-likeness (QED) is 0.861. The highest BCUT2D eigenvalue weighted by Gasteiger charge is 2.43. The third kappa shape index (κ3) is 2.71. The Bertz CT molecular complexity index is 468. The molecule has 1 N–H and O–H groups in total. The van der Waals surface area contributed by atoms with Gasteiger partial charge in [-0.25, -0.2) is 0 Å². The van der Waals surface area contributed by atoms with Crippen molar-refractivity contribution in [2.45, 2.75) is 64.1 Å². The first-order valence-corrected chi connectivity index (χ1v) is 8.04. The number of benzene rings is 1. The summed E-state index contributed by atoms with van der Waals surface area (Å²) in [7, 11) is 0. The van der Waals surface area contributed by atoms with Crippen LogP contribution in [-0.4, -0.2) is 10.7 Å². The van der Waals surface area contributed by atoms with E-state index in [1.54, 1.807) is 0 Å². The van der Waals surface area contributed by atoms with Crippen LogP contribution in [0.15, 0.2) is 24.3 Å². The highest BCUT2D eigenvalue weighted by Crippen LogP contribution is 2.48. The highest BCUT2D eigenvalue weighted by molar-refractivity contribution is 5.38. The number of rotatable bonds is 2. The molecule has 1 spiro atoms. The molecule has 1 fully saturated rings. The largest absolute Gasteiger partial charge is 0.487 e. The molecule has 2 nitrogen and oxygen atoms in total. The van der Waals surface area contributed by atoms with E-state index >= 15 is 0 Å². The Hall–Kier alpha value is -1.02. The van der Waals surface area contributed by atoms with E-state index in [2.05, 4.69) is 13.8 Å². The molecule has 2 heteroatoms. The lowest BCUT2D eigenvalue weighted by Crippen LogP contribution is -2.45. The molecule has 3 rings (SSSR count). The number of aliphatic hydroxyl groups excluding tert-OH is 1. The van der Waals surface area contributed by atoms with Gasteiger partial charge in [0.05, 0.1) is 6.10 Å². The molecule has 0 amide bonds. The summed E-state index contributed by atoms with van der Waals surface area (Å²) in [5, 5.41) is 10.5. The van der Waals surface area contributed by atoms with E-state index in [0.717, 1.165) is 42.4 Å². The minimum absolute atomic E-state index is 0.119. The van der Waals surface area contributed by atoms with Gasteiger partial charge < -0.3 is 9.84 Å². The van der Waals surface area contributed by atoms with Crippen LogP contribution in [0.2, 0.25) is 0 Å². The van der Waals surface area contributed by atoms with E-state index in [1.165, 1.54) is 19.3 Å². The van der Waals surface area contributed by atoms with Crippen molar-refractivity contribution in [3.8, 4) is 5.75 Å². The zero-order valence-electron chi connectivity index (χ0n) is 12.6. The van der Waals surface area contributed by atoms with Gasteiger partial charge in [0, 0.05) is 12.0 Å². The Kier molecular flexibility index (Phi) is 3.76. The predicted molar refractivity (Wildman–Crippen MR) is 80.8 cm³/mol. The minimum Gasteiger partial charge on any atom is -0.487 e. The Labute approximate surface area is 122 Å². The summed E-state index contributed by atoms with van der Waals surface area (Å²) in [6, 6.07) is 7.97. The number of hydrogen-bond acceptors (Lipinski definition) is 2. The first-order chi connectivity index (χ1) is 9.58. The molecule has 0 saturated heterocycles. The molecule has 1 aliphatic heterocycles. The van der Waals surface area contributed by atoms with Crippen molar-refractivity contribution < 1.29 is 9.84 Å². The summed E-state index contributed by atoms with van der Waals surface area (Å²) in [6.07, 6.45) is 6.43. The van der Waals surface area contributed by atoms with Crippen molar-refractivity contribution in [2.75, 3.05) is 0 Å². The number of aliphatic hydroxyl groups is 1. The van der Waals surface area contributed by atoms with E-state index in [0.29, 0.717) is 0 Å². The van der Waals surface area contributed by atoms with E-state index in [9.17, 15) is 5.11 Å². The van der Waals surface area contributed by atoms with Crippen LogP contribution < -0.4 is 4.74 Å². The second-order valence-electron chi connectivity index (χ2n) is 7.13. The lowest BCUT2D eigenvalue weighted by Gasteiger charge is -2.46. The lowest BCUT2D eigenvalue weighted by molar-refractivity contribution is -0.0538. The van der Waals surface area contributed by atoms with Crippen molar-refractivity contribution in [3.63, 3.8) is 0 Å². The van der Waals surface area contributed by atoms with E-state index < -0.39 is 0 Å². The number of hydrogen-bond donors (Lipinski definition) is 1. The predicted octanol–water partition coefficient (Wildman–Crippen LogP) is 4.48. The van der Waals surface area contributed by atoms with Crippen LogP contribution in [0.1, 0.15) is 64.0 Å². The van der Waals surface area contributed by atoms with Gasteiger partial charge in [0.15, 0.2) is 0 Å². The maximum atomic E-state index is 10.5. The average Bonchev–Trinajstić information content (AvgIpc) is 2.38. The topological polar surface area (TPSA) is 29.5 Å². The molecule has 1 aromatic carbocycles. The van der Waals surface area contributed by atoms with Gasteiger partial charge in [-0.2, -0.15) is 0 Å². The van der Waals surface area contributed by atoms with Crippen LogP contribution in [0.4, 0.5) is 0 Å². The highest BCUT2D eigenvalue weighted by atomic mass is 16.5. The van der Waals surface area contributed by atoms with Crippen molar-refractivity contribution in [1.82, 2.24) is 0 Å². The number of para-hydroxylation sites is 1. The van der Waals surface area contributed by atoms with Crippen molar-refractivity contribution >= 4 is 0 Å². The monoisotopic (exact) mass is 274 g/mol. The van der Waals surface area contributed by atoms with Crippen LogP contribution in [-0.2, 0) is 0 Å². The SMILES string of the molecule is CC(C)CC1CCCC2(C1)C[C@H](O)c1ccccc1O2. The van der Waals surface area contributed by atoms with Gasteiger partial charge in [-0.15, -0.1) is 0 Å². The normalized spacial score (nSPS) is 33.0. The van der Waals surface area contributed by atoms with Crippen molar-refractivity contribution in [2.24, 2.45) is 11.8 Å². The fourth-order valence-corrected chi connectivity index (χ4v) is 4.18. The van der Waals surface area contributed by atoms with Crippen LogP contribution >= 0.6 is 0 Å². The standard InChI is InChI=1S/C18H26O2/c1-13(2)10-14-6-5-9-18(11-14)12-16(19)15-7-3-4-8-17(15)20-18/h3-4,7-8,13-14,16,19H,5-6,9-12H2,1-2H3/t14?,16-,18?/m0/s1. The van der Waals surface area contributed by atoms with E-state index in [1.807, 2.05) is 24.3 Å². The molecular formula is C18H26O2. The molecule has 2 unspecified atom stereocenters. The summed E-state index contributed by atoms with van der Waals surface area (Å²) >= 11 is 0. The fraction of sp³-hybridized carbons (Fsp3) is 0.667. The van der Waals surface area contributed by atoms with Crippen LogP contribution in [0, 0.1) is 11.8 Å². The summed E-state index contributed by atoms with van der Waals surface area (Å²) < 4.78 is 6.38. The third-order valence-corrected chi connectivity index (χ3v) is 4.88. The van der Waals surface area contributed by atoms with Gasteiger partial charge in [0.1, 0.15) is 11.4 Å². The molecule has 1 aromatic rings. The Morgan fingerprint density at radius 2 is 2.10 bits per heavy atom. The Morgan fingerprint density at radius 1 is 1.30 bits per heavy atom. The van der Waals surface area contributed by atoms with Crippen LogP contribution in [0.3, 0.4) is 0 Å². The zero-order valence-corrected chi connectivity index (χ0v) is 12.6. The van der Waals surface area contributed by atoms with Crippen molar-refractivity contribution in [3.05, 3.63) is 29.8 Å². The van der Waals surface area contributed by atoms with E-state index in [4.69, 9.17) is 4.74 Å². The zero-order chi connectivity index (χ0) is 14.2. The van der Waals surface area contributed by atoms with Crippen LogP contribution in [0.5, 0.6) is 5.75 Å². The Morgan fingerprint density at radius 3 is 2.90 bits per heavy atom. The molecule has 2 aliphatic rings.